The molecule has 1 fully saturated rings. The monoisotopic (exact) mass is 284 g/mol. The fourth-order valence-electron chi connectivity index (χ4n) is 2.03. The number of halogens is 1. The number of anilines is 2. The fraction of sp³-hybridized carbons (Fsp3) is 0.545. The summed E-state index contributed by atoms with van der Waals surface area (Å²) in [6.07, 6.45) is 4.22. The maximum atomic E-state index is 5.64. The summed E-state index contributed by atoms with van der Waals surface area (Å²) in [6, 6.07) is 2.49. The van der Waals surface area contributed by atoms with Gasteiger partial charge in [0.15, 0.2) is 0 Å². The lowest BCUT2D eigenvalue weighted by Gasteiger charge is -2.20. The van der Waals surface area contributed by atoms with Crippen molar-refractivity contribution >= 4 is 27.4 Å². The quantitative estimate of drug-likeness (QED) is 0.891. The molecule has 2 heterocycles. The smallest absolute Gasteiger partial charge is 0.140 e. The van der Waals surface area contributed by atoms with E-state index in [1.807, 2.05) is 6.07 Å². The SMILES string of the molecule is CN1CCCC1CNc1ncc(N)cc1Br. The normalized spacial score (nSPS) is 21.2. The van der Waals surface area contributed by atoms with Crippen LogP contribution in [-0.2, 0) is 0 Å². The van der Waals surface area contributed by atoms with Crippen molar-refractivity contribution in [3.8, 4) is 0 Å². The van der Waals surface area contributed by atoms with Gasteiger partial charge >= 0.3 is 0 Å². The topological polar surface area (TPSA) is 54.2 Å². The Kier molecular flexibility index (Phi) is 3.66. The molecule has 1 aliphatic rings. The molecule has 0 aromatic carbocycles. The third kappa shape index (κ3) is 2.65. The maximum Gasteiger partial charge on any atom is 0.140 e. The van der Waals surface area contributed by atoms with Gasteiger partial charge in [-0.3, -0.25) is 0 Å². The zero-order valence-electron chi connectivity index (χ0n) is 9.41. The van der Waals surface area contributed by atoms with Gasteiger partial charge < -0.3 is 16.0 Å². The van der Waals surface area contributed by atoms with E-state index in [1.165, 1.54) is 19.4 Å². The van der Waals surface area contributed by atoms with Crippen molar-refractivity contribution in [3.05, 3.63) is 16.7 Å². The van der Waals surface area contributed by atoms with Crippen molar-refractivity contribution in [1.82, 2.24) is 9.88 Å². The molecule has 0 radical (unpaired) electrons. The van der Waals surface area contributed by atoms with Gasteiger partial charge in [0.2, 0.25) is 0 Å². The number of hydrogen-bond acceptors (Lipinski definition) is 4. The predicted molar refractivity (Wildman–Crippen MR) is 70.5 cm³/mol. The minimum Gasteiger partial charge on any atom is -0.397 e. The second-order valence-corrected chi connectivity index (χ2v) is 5.11. The molecule has 0 saturated carbocycles. The number of nitrogens with one attached hydrogen (secondary N) is 1. The summed E-state index contributed by atoms with van der Waals surface area (Å²) < 4.78 is 0.924. The molecule has 88 valence electrons. The lowest BCUT2D eigenvalue weighted by atomic mass is 10.2. The molecule has 1 atom stereocenters. The van der Waals surface area contributed by atoms with E-state index in [4.69, 9.17) is 5.73 Å². The molecule has 5 heteroatoms. The second-order valence-electron chi connectivity index (χ2n) is 4.26. The third-order valence-electron chi connectivity index (χ3n) is 3.04. The van der Waals surface area contributed by atoms with Gasteiger partial charge in [-0.2, -0.15) is 0 Å². The molecule has 0 aliphatic carbocycles. The van der Waals surface area contributed by atoms with Crippen LogP contribution >= 0.6 is 15.9 Å². The van der Waals surface area contributed by atoms with Gasteiger partial charge in [0.05, 0.1) is 16.4 Å². The minimum absolute atomic E-state index is 0.617. The summed E-state index contributed by atoms with van der Waals surface area (Å²) in [5.41, 5.74) is 6.32. The van der Waals surface area contributed by atoms with Gasteiger partial charge in [-0.25, -0.2) is 4.98 Å². The van der Waals surface area contributed by atoms with E-state index in [0.29, 0.717) is 11.7 Å². The van der Waals surface area contributed by atoms with E-state index in [9.17, 15) is 0 Å². The summed E-state index contributed by atoms with van der Waals surface area (Å²) in [5.74, 6) is 0.870. The van der Waals surface area contributed by atoms with Crippen LogP contribution in [-0.4, -0.2) is 36.1 Å². The molecule has 4 nitrogen and oxygen atoms in total. The van der Waals surface area contributed by atoms with Gasteiger partial charge in [-0.15, -0.1) is 0 Å². The Morgan fingerprint density at radius 3 is 3.12 bits per heavy atom. The number of nitrogen functional groups attached to an aromatic ring is 1. The number of likely N-dealkylation sites (N-methyl/N-ethyl adjacent to an activating group) is 1. The Labute approximate surface area is 104 Å². The van der Waals surface area contributed by atoms with Gasteiger partial charge in [-0.1, -0.05) is 0 Å². The molecule has 2 rings (SSSR count). The van der Waals surface area contributed by atoms with Gasteiger partial charge in [0.25, 0.3) is 0 Å². The van der Waals surface area contributed by atoms with Crippen molar-refractivity contribution in [2.24, 2.45) is 0 Å². The number of nitrogens with two attached hydrogens (primary N) is 1. The van der Waals surface area contributed by atoms with Crippen molar-refractivity contribution in [3.63, 3.8) is 0 Å². The van der Waals surface area contributed by atoms with E-state index in [0.717, 1.165) is 16.8 Å². The van der Waals surface area contributed by atoms with Crippen molar-refractivity contribution in [1.29, 1.82) is 0 Å². The molecule has 0 bridgehead atoms. The van der Waals surface area contributed by atoms with E-state index >= 15 is 0 Å². The summed E-state index contributed by atoms with van der Waals surface area (Å²) in [5, 5.41) is 3.36. The van der Waals surface area contributed by atoms with Crippen LogP contribution in [0.15, 0.2) is 16.7 Å². The van der Waals surface area contributed by atoms with Crippen molar-refractivity contribution in [2.45, 2.75) is 18.9 Å². The molecule has 0 spiro atoms. The van der Waals surface area contributed by atoms with Crippen LogP contribution < -0.4 is 11.1 Å². The molecule has 1 saturated heterocycles. The summed E-state index contributed by atoms with van der Waals surface area (Å²) in [6.45, 7) is 2.13. The second kappa shape index (κ2) is 5.01. The first-order valence-corrected chi connectivity index (χ1v) is 6.31. The molecule has 1 aromatic heterocycles. The van der Waals surface area contributed by atoms with E-state index in [1.54, 1.807) is 6.20 Å². The highest BCUT2D eigenvalue weighted by Crippen LogP contribution is 2.22. The molecular weight excluding hydrogens is 268 g/mol. The first-order valence-electron chi connectivity index (χ1n) is 5.52. The Hall–Kier alpha value is -0.810. The third-order valence-corrected chi connectivity index (χ3v) is 3.64. The Balaban J connectivity index is 1.94. The predicted octanol–water partition coefficient (Wildman–Crippen LogP) is 1.93. The maximum absolute atomic E-state index is 5.64. The first kappa shape index (κ1) is 11.7. The van der Waals surface area contributed by atoms with E-state index < -0.39 is 0 Å². The summed E-state index contributed by atoms with van der Waals surface area (Å²) >= 11 is 3.45. The Bertz CT molecular complexity index is 369. The van der Waals surface area contributed by atoms with Crippen LogP contribution in [0, 0.1) is 0 Å². The Morgan fingerprint density at radius 1 is 1.69 bits per heavy atom. The van der Waals surface area contributed by atoms with Gasteiger partial charge in [-0.05, 0) is 48.4 Å². The highest BCUT2D eigenvalue weighted by Gasteiger charge is 2.20. The number of hydrogen-bond donors (Lipinski definition) is 2. The average molecular weight is 285 g/mol. The van der Waals surface area contributed by atoms with Gasteiger partial charge in [0, 0.05) is 12.6 Å². The van der Waals surface area contributed by atoms with Crippen LogP contribution in [0.1, 0.15) is 12.8 Å². The zero-order chi connectivity index (χ0) is 11.5. The van der Waals surface area contributed by atoms with Crippen LogP contribution in [0.4, 0.5) is 11.5 Å². The zero-order valence-corrected chi connectivity index (χ0v) is 11.0. The number of likely N-dealkylation sites (tertiary alicyclic amines) is 1. The molecule has 0 amide bonds. The van der Waals surface area contributed by atoms with E-state index in [2.05, 4.69) is 38.2 Å². The first-order chi connectivity index (χ1) is 7.66. The summed E-state index contributed by atoms with van der Waals surface area (Å²) in [4.78, 5) is 6.65. The molecule has 1 aromatic rings. The highest BCUT2D eigenvalue weighted by molar-refractivity contribution is 9.10. The number of nitrogens with zero attached hydrogens (tertiary/aromatic N) is 2. The largest absolute Gasteiger partial charge is 0.397 e. The van der Waals surface area contributed by atoms with Crippen LogP contribution in [0.2, 0.25) is 0 Å². The van der Waals surface area contributed by atoms with Crippen molar-refractivity contribution < 1.29 is 0 Å². The Morgan fingerprint density at radius 2 is 2.50 bits per heavy atom. The van der Waals surface area contributed by atoms with Crippen LogP contribution in [0.5, 0.6) is 0 Å². The summed E-state index contributed by atoms with van der Waals surface area (Å²) in [7, 11) is 2.17. The number of aromatic nitrogens is 1. The molecule has 1 aliphatic heterocycles. The van der Waals surface area contributed by atoms with Crippen molar-refractivity contribution in [2.75, 3.05) is 31.2 Å². The lowest BCUT2D eigenvalue weighted by molar-refractivity contribution is 0.322. The molecular formula is C11H17BrN4. The minimum atomic E-state index is 0.617. The molecule has 1 unspecified atom stereocenters. The van der Waals surface area contributed by atoms with E-state index in [-0.39, 0.29) is 0 Å². The standard InChI is InChI=1S/C11H17BrN4/c1-16-4-2-3-9(16)7-15-11-10(12)5-8(13)6-14-11/h5-6,9H,2-4,7,13H2,1H3,(H,14,15). The van der Waals surface area contributed by atoms with Gasteiger partial charge in [0.1, 0.15) is 5.82 Å². The average Bonchev–Trinajstić information content (AvgIpc) is 2.63. The molecule has 16 heavy (non-hydrogen) atoms. The highest BCUT2D eigenvalue weighted by atomic mass is 79.9. The fourth-order valence-corrected chi connectivity index (χ4v) is 2.54. The number of rotatable bonds is 3. The van der Waals surface area contributed by atoms with Crippen LogP contribution in [0.3, 0.4) is 0 Å². The lowest BCUT2D eigenvalue weighted by Crippen LogP contribution is -2.31. The van der Waals surface area contributed by atoms with Crippen LogP contribution in [0.25, 0.3) is 0 Å². The number of pyridine rings is 1. The molecule has 3 N–H and O–H groups in total.